The molecular formula is C22H36N2O3. The highest BCUT2D eigenvalue weighted by Gasteiger charge is 2.16. The Kier molecular flexibility index (Phi) is 12.2. The van der Waals surface area contributed by atoms with Crippen LogP contribution in [0.4, 0.5) is 0 Å². The third-order valence-electron chi connectivity index (χ3n) is 4.58. The average molecular weight is 377 g/mol. The lowest BCUT2D eigenvalue weighted by Gasteiger charge is -2.20. The van der Waals surface area contributed by atoms with E-state index in [2.05, 4.69) is 35.6 Å². The molecule has 5 heteroatoms. The van der Waals surface area contributed by atoms with Gasteiger partial charge in [-0.1, -0.05) is 62.4 Å². The van der Waals surface area contributed by atoms with Gasteiger partial charge in [-0.2, -0.15) is 0 Å². The maximum Gasteiger partial charge on any atom is 0.305 e. The van der Waals surface area contributed by atoms with E-state index in [-0.39, 0.29) is 18.4 Å². The zero-order valence-corrected chi connectivity index (χ0v) is 17.0. The molecule has 1 atom stereocenters. The first-order valence-corrected chi connectivity index (χ1v) is 10.2. The number of nitrogens with zero attached hydrogens (tertiary/aromatic N) is 1. The molecule has 0 heterocycles. The van der Waals surface area contributed by atoms with Gasteiger partial charge in [0.15, 0.2) is 0 Å². The van der Waals surface area contributed by atoms with Crippen molar-refractivity contribution < 1.29 is 14.7 Å². The highest BCUT2D eigenvalue weighted by atomic mass is 16.4. The fraction of sp³-hybridized carbons (Fsp3) is 0.636. The van der Waals surface area contributed by atoms with Gasteiger partial charge in [-0.3, -0.25) is 9.59 Å². The SMILES string of the molecule is CN(C)CC(CC(=O)O)NC(=O)CCCCCCCCCc1ccccc1. The molecule has 0 saturated heterocycles. The second kappa shape index (κ2) is 14.2. The van der Waals surface area contributed by atoms with Gasteiger partial charge in [0.05, 0.1) is 12.5 Å². The predicted molar refractivity (Wildman–Crippen MR) is 110 cm³/mol. The van der Waals surface area contributed by atoms with Crippen molar-refractivity contribution in [3.63, 3.8) is 0 Å². The Morgan fingerprint density at radius 1 is 0.963 bits per heavy atom. The maximum absolute atomic E-state index is 12.0. The summed E-state index contributed by atoms with van der Waals surface area (Å²) in [5.41, 5.74) is 1.42. The molecule has 1 rings (SSSR count). The molecule has 0 aliphatic carbocycles. The van der Waals surface area contributed by atoms with Gasteiger partial charge in [0.25, 0.3) is 0 Å². The molecule has 27 heavy (non-hydrogen) atoms. The van der Waals surface area contributed by atoms with E-state index in [4.69, 9.17) is 5.11 Å². The van der Waals surface area contributed by atoms with Crippen molar-refractivity contribution in [3.05, 3.63) is 35.9 Å². The van der Waals surface area contributed by atoms with Gasteiger partial charge in [0, 0.05) is 13.0 Å². The van der Waals surface area contributed by atoms with Crippen LogP contribution in [0.25, 0.3) is 0 Å². The Morgan fingerprint density at radius 3 is 2.15 bits per heavy atom. The quantitative estimate of drug-likeness (QED) is 0.456. The molecule has 0 spiro atoms. The van der Waals surface area contributed by atoms with E-state index in [1.807, 2.05) is 19.0 Å². The Labute approximate surface area is 164 Å². The molecule has 5 nitrogen and oxygen atoms in total. The molecule has 1 unspecified atom stereocenters. The summed E-state index contributed by atoms with van der Waals surface area (Å²) in [6.07, 6.45) is 9.67. The Balaban J connectivity index is 2.01. The van der Waals surface area contributed by atoms with Crippen molar-refractivity contribution in [3.8, 4) is 0 Å². The summed E-state index contributed by atoms with van der Waals surface area (Å²) >= 11 is 0. The fourth-order valence-corrected chi connectivity index (χ4v) is 3.26. The zero-order valence-electron chi connectivity index (χ0n) is 17.0. The Bertz CT molecular complexity index is 532. The van der Waals surface area contributed by atoms with E-state index in [1.54, 1.807) is 0 Å². The van der Waals surface area contributed by atoms with Crippen LogP contribution in [-0.2, 0) is 16.0 Å². The minimum atomic E-state index is -0.880. The number of aliphatic carboxylic acids is 1. The Morgan fingerprint density at radius 2 is 1.56 bits per heavy atom. The molecule has 1 aromatic carbocycles. The minimum absolute atomic E-state index is 0.0348. The van der Waals surface area contributed by atoms with Crippen LogP contribution in [0.5, 0.6) is 0 Å². The molecule has 0 aliphatic rings. The van der Waals surface area contributed by atoms with Gasteiger partial charge >= 0.3 is 5.97 Å². The second-order valence-electron chi connectivity index (χ2n) is 7.59. The number of hydrogen-bond donors (Lipinski definition) is 2. The van der Waals surface area contributed by atoms with Gasteiger partial charge in [0.2, 0.25) is 5.91 Å². The minimum Gasteiger partial charge on any atom is -0.481 e. The summed E-state index contributed by atoms with van der Waals surface area (Å²) in [6.45, 7) is 0.543. The van der Waals surface area contributed by atoms with Crippen LogP contribution >= 0.6 is 0 Å². The summed E-state index contributed by atoms with van der Waals surface area (Å²) < 4.78 is 0. The number of carbonyl (C=O) groups is 2. The second-order valence-corrected chi connectivity index (χ2v) is 7.59. The Hall–Kier alpha value is -1.88. The number of aryl methyl sites for hydroxylation is 1. The topological polar surface area (TPSA) is 69.6 Å². The number of carboxylic acids is 1. The number of likely N-dealkylation sites (N-methyl/N-ethyl adjacent to an activating group) is 1. The average Bonchev–Trinajstić information content (AvgIpc) is 2.60. The molecule has 0 aliphatic heterocycles. The highest BCUT2D eigenvalue weighted by Crippen LogP contribution is 2.11. The summed E-state index contributed by atoms with van der Waals surface area (Å²) in [5, 5.41) is 11.8. The fourth-order valence-electron chi connectivity index (χ4n) is 3.26. The molecule has 0 aromatic heterocycles. The van der Waals surface area contributed by atoms with Crippen LogP contribution in [0.15, 0.2) is 30.3 Å². The van der Waals surface area contributed by atoms with E-state index in [9.17, 15) is 9.59 Å². The smallest absolute Gasteiger partial charge is 0.305 e. The predicted octanol–water partition coefficient (Wildman–Crippen LogP) is 3.87. The van der Waals surface area contributed by atoms with Gasteiger partial charge in [-0.15, -0.1) is 0 Å². The van der Waals surface area contributed by atoms with E-state index in [0.29, 0.717) is 13.0 Å². The van der Waals surface area contributed by atoms with Gasteiger partial charge < -0.3 is 15.3 Å². The van der Waals surface area contributed by atoms with Crippen molar-refractivity contribution in [2.75, 3.05) is 20.6 Å². The molecule has 1 aromatic rings. The number of benzene rings is 1. The van der Waals surface area contributed by atoms with E-state index >= 15 is 0 Å². The lowest BCUT2D eigenvalue weighted by molar-refractivity contribution is -0.137. The monoisotopic (exact) mass is 376 g/mol. The van der Waals surface area contributed by atoms with E-state index < -0.39 is 5.97 Å². The van der Waals surface area contributed by atoms with Crippen LogP contribution < -0.4 is 5.32 Å². The van der Waals surface area contributed by atoms with Crippen LogP contribution in [0, 0.1) is 0 Å². The van der Waals surface area contributed by atoms with Crippen LogP contribution in [-0.4, -0.2) is 48.6 Å². The number of carbonyl (C=O) groups excluding carboxylic acids is 1. The number of amides is 1. The molecule has 2 N–H and O–H groups in total. The first kappa shape index (κ1) is 23.2. The van der Waals surface area contributed by atoms with E-state index in [0.717, 1.165) is 25.7 Å². The third kappa shape index (κ3) is 13.0. The number of nitrogens with one attached hydrogen (secondary N) is 1. The molecule has 152 valence electrons. The molecular weight excluding hydrogens is 340 g/mol. The first-order chi connectivity index (χ1) is 13.0. The summed E-state index contributed by atoms with van der Waals surface area (Å²) in [7, 11) is 3.75. The zero-order chi connectivity index (χ0) is 19.9. The summed E-state index contributed by atoms with van der Waals surface area (Å²) in [5.74, 6) is -0.916. The van der Waals surface area contributed by atoms with Crippen LogP contribution in [0.2, 0.25) is 0 Å². The van der Waals surface area contributed by atoms with E-state index in [1.165, 1.54) is 31.2 Å². The first-order valence-electron chi connectivity index (χ1n) is 10.2. The standard InChI is InChI=1S/C22H36N2O3/c1-24(2)18-20(17-22(26)27)23-21(25)16-12-7-5-3-4-6-9-13-19-14-10-8-11-15-19/h8,10-11,14-15,20H,3-7,9,12-13,16-18H2,1-2H3,(H,23,25)(H,26,27). The molecule has 0 saturated carbocycles. The number of unbranched alkanes of at least 4 members (excludes halogenated alkanes) is 6. The van der Waals surface area contributed by atoms with Gasteiger partial charge in [-0.25, -0.2) is 0 Å². The van der Waals surface area contributed by atoms with Gasteiger partial charge in [0.1, 0.15) is 0 Å². The lowest BCUT2D eigenvalue weighted by Crippen LogP contribution is -2.42. The normalized spacial score (nSPS) is 12.1. The van der Waals surface area contributed by atoms with Gasteiger partial charge in [-0.05, 0) is 38.9 Å². The molecule has 1 amide bonds. The molecule has 0 fully saturated rings. The maximum atomic E-state index is 12.0. The number of hydrogen-bond acceptors (Lipinski definition) is 3. The van der Waals surface area contributed by atoms with Crippen molar-refractivity contribution in [2.45, 2.75) is 70.3 Å². The molecule has 0 radical (unpaired) electrons. The van der Waals surface area contributed by atoms with Crippen molar-refractivity contribution in [1.29, 1.82) is 0 Å². The van der Waals surface area contributed by atoms with Crippen molar-refractivity contribution in [1.82, 2.24) is 10.2 Å². The number of carboxylic acid groups (broad SMARTS) is 1. The number of rotatable bonds is 15. The molecule has 0 bridgehead atoms. The van der Waals surface area contributed by atoms with Crippen LogP contribution in [0.1, 0.15) is 63.4 Å². The van der Waals surface area contributed by atoms with Crippen molar-refractivity contribution >= 4 is 11.9 Å². The third-order valence-corrected chi connectivity index (χ3v) is 4.58. The highest BCUT2D eigenvalue weighted by molar-refractivity contribution is 5.77. The summed E-state index contributed by atoms with van der Waals surface area (Å²) in [6, 6.07) is 10.3. The largest absolute Gasteiger partial charge is 0.481 e. The van der Waals surface area contributed by atoms with Crippen molar-refractivity contribution in [2.24, 2.45) is 0 Å². The van der Waals surface area contributed by atoms with Crippen LogP contribution in [0.3, 0.4) is 0 Å². The lowest BCUT2D eigenvalue weighted by atomic mass is 10.0. The summed E-state index contributed by atoms with van der Waals surface area (Å²) in [4.78, 5) is 24.8.